The highest BCUT2D eigenvalue weighted by atomic mass is 19.4. The molecule has 2 atom stereocenters. The molecule has 2 aliphatic heterocycles. The van der Waals surface area contributed by atoms with Crippen molar-refractivity contribution >= 4 is 11.7 Å². The van der Waals surface area contributed by atoms with Gasteiger partial charge in [-0.2, -0.15) is 18.3 Å². The first-order valence-electron chi connectivity index (χ1n) is 11.0. The van der Waals surface area contributed by atoms with Gasteiger partial charge in [-0.25, -0.2) is 4.68 Å². The van der Waals surface area contributed by atoms with Crippen molar-refractivity contribution in [1.29, 1.82) is 0 Å². The van der Waals surface area contributed by atoms with Crippen molar-refractivity contribution in [2.75, 3.05) is 18.4 Å². The summed E-state index contributed by atoms with van der Waals surface area (Å²) < 4.78 is 42.1. The zero-order chi connectivity index (χ0) is 20.8. The molecule has 0 unspecified atom stereocenters. The van der Waals surface area contributed by atoms with Crippen LogP contribution in [0.2, 0.25) is 0 Å². The molecule has 3 aliphatic rings. The van der Waals surface area contributed by atoms with E-state index in [-0.39, 0.29) is 36.1 Å². The van der Waals surface area contributed by atoms with E-state index >= 15 is 0 Å². The largest absolute Gasteiger partial charge is 0.410 e. The number of nitrogens with one attached hydrogen (secondary N) is 1. The lowest BCUT2D eigenvalue weighted by atomic mass is 9.92. The number of aromatic nitrogens is 2. The van der Waals surface area contributed by atoms with Crippen LogP contribution in [-0.2, 0) is 4.79 Å². The summed E-state index contributed by atoms with van der Waals surface area (Å²) in [6.07, 6.45) is 1.48. The Labute approximate surface area is 170 Å². The van der Waals surface area contributed by atoms with E-state index in [2.05, 4.69) is 10.4 Å². The van der Waals surface area contributed by atoms with Crippen LogP contribution in [0, 0.1) is 11.8 Å². The lowest BCUT2D eigenvalue weighted by molar-refractivity contribution is -0.174. The van der Waals surface area contributed by atoms with E-state index < -0.39 is 12.2 Å². The van der Waals surface area contributed by atoms with Gasteiger partial charge in [-0.15, -0.1) is 0 Å². The van der Waals surface area contributed by atoms with Crippen LogP contribution in [0.25, 0.3) is 0 Å². The van der Waals surface area contributed by atoms with Gasteiger partial charge in [0.1, 0.15) is 5.82 Å². The van der Waals surface area contributed by atoms with Crippen molar-refractivity contribution in [3.8, 4) is 0 Å². The predicted octanol–water partition coefficient (Wildman–Crippen LogP) is 4.72. The fourth-order valence-electron chi connectivity index (χ4n) is 5.09. The second-order valence-electron chi connectivity index (χ2n) is 9.27. The van der Waals surface area contributed by atoms with Crippen molar-refractivity contribution in [1.82, 2.24) is 14.7 Å². The Morgan fingerprint density at radius 1 is 1.17 bits per heavy atom. The molecule has 2 fully saturated rings. The van der Waals surface area contributed by atoms with Gasteiger partial charge in [0.15, 0.2) is 6.04 Å². The zero-order valence-corrected chi connectivity index (χ0v) is 17.2. The summed E-state index contributed by atoms with van der Waals surface area (Å²) in [7, 11) is 0. The lowest BCUT2D eigenvalue weighted by Gasteiger charge is -2.35. The number of piperidine rings is 1. The molecule has 1 N–H and O–H groups in total. The monoisotopic (exact) mass is 412 g/mol. The maximum atomic E-state index is 13.7. The van der Waals surface area contributed by atoms with Gasteiger partial charge in [-0.1, -0.05) is 26.7 Å². The van der Waals surface area contributed by atoms with Crippen molar-refractivity contribution in [2.24, 2.45) is 11.8 Å². The Bertz CT molecular complexity index is 731. The van der Waals surface area contributed by atoms with Crippen LogP contribution in [0.15, 0.2) is 6.07 Å². The first-order valence-corrected chi connectivity index (χ1v) is 11.0. The summed E-state index contributed by atoms with van der Waals surface area (Å²) in [6.45, 7) is 5.23. The summed E-state index contributed by atoms with van der Waals surface area (Å²) >= 11 is 0. The maximum Gasteiger partial charge on any atom is 0.410 e. The second-order valence-corrected chi connectivity index (χ2v) is 9.27. The summed E-state index contributed by atoms with van der Waals surface area (Å²) in [5.41, 5.74) is 0.721. The minimum Gasteiger partial charge on any atom is -0.367 e. The number of fused-ring (bicyclic) bond motifs is 1. The highest BCUT2D eigenvalue weighted by Gasteiger charge is 2.47. The van der Waals surface area contributed by atoms with Crippen LogP contribution in [0.4, 0.5) is 19.0 Å². The van der Waals surface area contributed by atoms with Gasteiger partial charge in [0.25, 0.3) is 0 Å². The maximum absolute atomic E-state index is 13.7. The molecule has 1 aromatic rings. The van der Waals surface area contributed by atoms with Gasteiger partial charge in [-0.05, 0) is 38.0 Å². The van der Waals surface area contributed by atoms with E-state index in [1.807, 2.05) is 18.7 Å². The molecule has 5 nitrogen and oxygen atoms in total. The molecule has 3 heterocycles. The number of amides is 1. The molecular weight excluding hydrogens is 381 g/mol. The molecule has 0 aromatic carbocycles. The van der Waals surface area contributed by atoms with Crippen molar-refractivity contribution < 1.29 is 18.0 Å². The van der Waals surface area contributed by atoms with Crippen molar-refractivity contribution in [2.45, 2.75) is 83.0 Å². The lowest BCUT2D eigenvalue weighted by Crippen LogP contribution is -2.41. The molecule has 1 aromatic heterocycles. The highest BCUT2D eigenvalue weighted by Crippen LogP contribution is 2.42. The fraction of sp³-hybridized carbons (Fsp3) is 0.810. The van der Waals surface area contributed by atoms with Gasteiger partial charge in [0.05, 0.1) is 5.69 Å². The fourth-order valence-corrected chi connectivity index (χ4v) is 5.09. The van der Waals surface area contributed by atoms with E-state index in [1.54, 1.807) is 6.07 Å². The molecule has 1 aliphatic carbocycles. The standard InChI is InChI=1S/C21H31F3N4O/c1-13(2)16-11-18(21(22,23)24)28-19(25-16)12-17(26-28)14-7-9-27(10-8-14)20(29)15-5-3-4-6-15/h12-16,18,25H,3-11H2,1-2H3/t16-,18+/m0/s1. The number of alkyl halides is 3. The highest BCUT2D eigenvalue weighted by molar-refractivity contribution is 5.79. The van der Waals surface area contributed by atoms with Gasteiger partial charge >= 0.3 is 6.18 Å². The Balaban J connectivity index is 1.46. The first-order chi connectivity index (χ1) is 13.7. The quantitative estimate of drug-likeness (QED) is 0.781. The minimum atomic E-state index is -4.32. The van der Waals surface area contributed by atoms with Gasteiger partial charge in [0, 0.05) is 37.0 Å². The van der Waals surface area contributed by atoms with E-state index in [1.165, 1.54) is 0 Å². The van der Waals surface area contributed by atoms with Gasteiger partial charge in [0.2, 0.25) is 5.91 Å². The van der Waals surface area contributed by atoms with Crippen LogP contribution in [-0.4, -0.2) is 45.9 Å². The number of hydrogen-bond donors (Lipinski definition) is 1. The van der Waals surface area contributed by atoms with Crippen molar-refractivity contribution in [3.63, 3.8) is 0 Å². The van der Waals surface area contributed by atoms with Crippen molar-refractivity contribution in [3.05, 3.63) is 11.8 Å². The van der Waals surface area contributed by atoms with Crippen LogP contribution in [0.5, 0.6) is 0 Å². The van der Waals surface area contributed by atoms with Crippen LogP contribution < -0.4 is 5.32 Å². The molecule has 0 bridgehead atoms. The molecule has 1 saturated heterocycles. The summed E-state index contributed by atoms with van der Waals surface area (Å²) in [4.78, 5) is 14.6. The molecule has 29 heavy (non-hydrogen) atoms. The number of anilines is 1. The molecule has 1 saturated carbocycles. The Hall–Kier alpha value is -1.73. The smallest absolute Gasteiger partial charge is 0.367 e. The number of halogens is 3. The minimum absolute atomic E-state index is 0.00359. The number of rotatable bonds is 3. The number of carbonyl (C=O) groups is 1. The molecule has 4 rings (SSSR count). The third kappa shape index (κ3) is 4.12. The van der Waals surface area contributed by atoms with Crippen LogP contribution in [0.1, 0.15) is 76.4 Å². The third-order valence-electron chi connectivity index (χ3n) is 6.97. The number of likely N-dealkylation sites (tertiary alicyclic amines) is 1. The SMILES string of the molecule is CC(C)[C@@H]1C[C@H](C(F)(F)F)n2nc(C3CCN(C(=O)C4CCCC4)CC3)cc2N1. The second kappa shape index (κ2) is 7.84. The summed E-state index contributed by atoms with van der Waals surface area (Å²) in [5, 5.41) is 7.65. The molecule has 0 spiro atoms. The van der Waals surface area contributed by atoms with Crippen LogP contribution >= 0.6 is 0 Å². The Morgan fingerprint density at radius 2 is 1.83 bits per heavy atom. The van der Waals surface area contributed by atoms with E-state index in [0.717, 1.165) is 48.9 Å². The average Bonchev–Trinajstić information content (AvgIpc) is 3.35. The molecule has 0 radical (unpaired) electrons. The van der Waals surface area contributed by atoms with Gasteiger partial charge in [-0.3, -0.25) is 4.79 Å². The van der Waals surface area contributed by atoms with Gasteiger partial charge < -0.3 is 10.2 Å². The van der Waals surface area contributed by atoms with E-state index in [4.69, 9.17) is 0 Å². The molecule has 162 valence electrons. The zero-order valence-electron chi connectivity index (χ0n) is 17.2. The van der Waals surface area contributed by atoms with E-state index in [9.17, 15) is 18.0 Å². The number of nitrogens with zero attached hydrogens (tertiary/aromatic N) is 3. The third-order valence-corrected chi connectivity index (χ3v) is 6.97. The normalized spacial score (nSPS) is 26.6. The predicted molar refractivity (Wildman–Crippen MR) is 105 cm³/mol. The molecule has 8 heteroatoms. The summed E-state index contributed by atoms with van der Waals surface area (Å²) in [5.74, 6) is 1.13. The average molecular weight is 413 g/mol. The number of carbonyl (C=O) groups excluding carboxylic acids is 1. The Kier molecular flexibility index (Phi) is 5.55. The summed E-state index contributed by atoms with van der Waals surface area (Å²) in [6, 6.07) is 0.000319. The topological polar surface area (TPSA) is 50.2 Å². The molecular formula is C21H31F3N4O. The van der Waals surface area contributed by atoms with E-state index in [0.29, 0.717) is 18.9 Å². The Morgan fingerprint density at radius 3 is 2.41 bits per heavy atom. The number of hydrogen-bond acceptors (Lipinski definition) is 3. The first kappa shape index (κ1) is 20.5. The van der Waals surface area contributed by atoms with Crippen LogP contribution in [0.3, 0.4) is 0 Å². The molecule has 1 amide bonds.